The van der Waals surface area contributed by atoms with E-state index >= 15 is 0 Å². The van der Waals surface area contributed by atoms with E-state index in [0.29, 0.717) is 11.1 Å². The van der Waals surface area contributed by atoms with Gasteiger partial charge in [0, 0.05) is 20.2 Å². The zero-order chi connectivity index (χ0) is 10.1. The van der Waals surface area contributed by atoms with Crippen LogP contribution >= 0.6 is 11.6 Å². The SMILES string of the molecule is COC1CN(c2c(N)cccc2Cl)C1. The first-order valence-corrected chi connectivity index (χ1v) is 4.92. The molecule has 2 rings (SSSR count). The third-order valence-corrected chi connectivity index (χ3v) is 2.82. The predicted molar refractivity (Wildman–Crippen MR) is 58.9 cm³/mol. The number of anilines is 2. The Balaban J connectivity index is 2.18. The molecule has 0 saturated carbocycles. The number of benzene rings is 1. The van der Waals surface area contributed by atoms with Crippen molar-refractivity contribution in [3.63, 3.8) is 0 Å². The maximum absolute atomic E-state index is 6.07. The van der Waals surface area contributed by atoms with Crippen LogP contribution in [0.2, 0.25) is 5.02 Å². The van der Waals surface area contributed by atoms with Crippen LogP contribution in [0.1, 0.15) is 0 Å². The predicted octanol–water partition coefficient (Wildman–Crippen LogP) is 1.76. The summed E-state index contributed by atoms with van der Waals surface area (Å²) >= 11 is 6.07. The van der Waals surface area contributed by atoms with Gasteiger partial charge in [-0.3, -0.25) is 0 Å². The minimum absolute atomic E-state index is 0.311. The van der Waals surface area contributed by atoms with Crippen LogP contribution in [0.3, 0.4) is 0 Å². The van der Waals surface area contributed by atoms with Crippen molar-refractivity contribution in [2.75, 3.05) is 30.8 Å². The largest absolute Gasteiger partial charge is 0.397 e. The second-order valence-corrected chi connectivity index (χ2v) is 3.85. The van der Waals surface area contributed by atoms with Gasteiger partial charge in [0.2, 0.25) is 0 Å². The van der Waals surface area contributed by atoms with E-state index < -0.39 is 0 Å². The molecule has 1 heterocycles. The third-order valence-electron chi connectivity index (χ3n) is 2.52. The van der Waals surface area contributed by atoms with Gasteiger partial charge < -0.3 is 15.4 Å². The van der Waals surface area contributed by atoms with Crippen LogP contribution in [-0.4, -0.2) is 26.3 Å². The molecule has 4 heteroatoms. The summed E-state index contributed by atoms with van der Waals surface area (Å²) in [4.78, 5) is 2.13. The average molecular weight is 213 g/mol. The molecule has 1 aromatic carbocycles. The fourth-order valence-electron chi connectivity index (χ4n) is 1.64. The van der Waals surface area contributed by atoms with Gasteiger partial charge in [-0.25, -0.2) is 0 Å². The van der Waals surface area contributed by atoms with Crippen molar-refractivity contribution >= 4 is 23.0 Å². The van der Waals surface area contributed by atoms with Gasteiger partial charge in [-0.05, 0) is 12.1 Å². The molecule has 2 N–H and O–H groups in total. The van der Waals surface area contributed by atoms with Gasteiger partial charge in [0.25, 0.3) is 0 Å². The lowest BCUT2D eigenvalue weighted by molar-refractivity contribution is 0.0788. The van der Waals surface area contributed by atoms with E-state index in [0.717, 1.165) is 24.5 Å². The molecule has 0 bridgehead atoms. The highest BCUT2D eigenvalue weighted by molar-refractivity contribution is 6.34. The summed E-state index contributed by atoms with van der Waals surface area (Å²) in [6, 6.07) is 5.57. The van der Waals surface area contributed by atoms with Crippen molar-refractivity contribution in [3.8, 4) is 0 Å². The Morgan fingerprint density at radius 3 is 2.79 bits per heavy atom. The van der Waals surface area contributed by atoms with Crippen LogP contribution in [0.25, 0.3) is 0 Å². The molecule has 76 valence electrons. The molecule has 0 atom stereocenters. The average Bonchev–Trinajstić information content (AvgIpc) is 2.08. The van der Waals surface area contributed by atoms with Gasteiger partial charge in [0.05, 0.1) is 22.5 Å². The minimum Gasteiger partial charge on any atom is -0.397 e. The lowest BCUT2D eigenvalue weighted by Gasteiger charge is -2.40. The van der Waals surface area contributed by atoms with Crippen molar-refractivity contribution in [2.45, 2.75) is 6.10 Å². The van der Waals surface area contributed by atoms with Crippen LogP contribution in [0.15, 0.2) is 18.2 Å². The minimum atomic E-state index is 0.311. The smallest absolute Gasteiger partial charge is 0.0920 e. The van der Waals surface area contributed by atoms with E-state index in [9.17, 15) is 0 Å². The number of hydrogen-bond acceptors (Lipinski definition) is 3. The van der Waals surface area contributed by atoms with Crippen LogP contribution in [-0.2, 0) is 4.74 Å². The highest BCUT2D eigenvalue weighted by atomic mass is 35.5. The fraction of sp³-hybridized carbons (Fsp3) is 0.400. The molecule has 0 aromatic heterocycles. The molecule has 0 unspecified atom stereocenters. The summed E-state index contributed by atoms with van der Waals surface area (Å²) in [5, 5.41) is 0.708. The lowest BCUT2D eigenvalue weighted by atomic mass is 10.1. The molecule has 14 heavy (non-hydrogen) atoms. The van der Waals surface area contributed by atoms with Crippen molar-refractivity contribution in [1.82, 2.24) is 0 Å². The molecule has 1 aliphatic heterocycles. The van der Waals surface area contributed by atoms with Gasteiger partial charge >= 0.3 is 0 Å². The van der Waals surface area contributed by atoms with Crippen molar-refractivity contribution in [2.24, 2.45) is 0 Å². The van der Waals surface area contributed by atoms with E-state index in [2.05, 4.69) is 4.90 Å². The molecule has 0 radical (unpaired) electrons. The van der Waals surface area contributed by atoms with Crippen LogP contribution < -0.4 is 10.6 Å². The molecule has 0 aliphatic carbocycles. The number of halogens is 1. The van der Waals surface area contributed by atoms with E-state index in [1.807, 2.05) is 18.2 Å². The number of rotatable bonds is 2. The number of ether oxygens (including phenoxy) is 1. The molecule has 0 amide bonds. The van der Waals surface area contributed by atoms with Crippen molar-refractivity contribution < 1.29 is 4.74 Å². The third kappa shape index (κ3) is 1.53. The van der Waals surface area contributed by atoms with Gasteiger partial charge in [0.1, 0.15) is 0 Å². The zero-order valence-electron chi connectivity index (χ0n) is 8.03. The molecular formula is C10H13ClN2O. The summed E-state index contributed by atoms with van der Waals surface area (Å²) in [7, 11) is 1.72. The first-order chi connectivity index (χ1) is 6.72. The molecule has 1 fully saturated rings. The van der Waals surface area contributed by atoms with Crippen molar-refractivity contribution in [3.05, 3.63) is 23.2 Å². The molecule has 1 aromatic rings. The summed E-state index contributed by atoms with van der Waals surface area (Å²) in [5.74, 6) is 0. The lowest BCUT2D eigenvalue weighted by Crippen LogP contribution is -2.52. The first kappa shape index (κ1) is 9.62. The van der Waals surface area contributed by atoms with Gasteiger partial charge in [-0.2, -0.15) is 0 Å². The van der Waals surface area contributed by atoms with Gasteiger partial charge in [-0.15, -0.1) is 0 Å². The van der Waals surface area contributed by atoms with Crippen LogP contribution in [0.5, 0.6) is 0 Å². The number of nitrogens with zero attached hydrogens (tertiary/aromatic N) is 1. The highest BCUT2D eigenvalue weighted by Crippen LogP contribution is 2.34. The Hall–Kier alpha value is -0.930. The van der Waals surface area contributed by atoms with E-state index in [1.165, 1.54) is 0 Å². The number of hydrogen-bond donors (Lipinski definition) is 1. The van der Waals surface area contributed by atoms with Gasteiger partial charge in [-0.1, -0.05) is 17.7 Å². The second kappa shape index (κ2) is 3.67. The summed E-state index contributed by atoms with van der Waals surface area (Å²) in [5.41, 5.74) is 7.51. The molecule has 0 spiro atoms. The van der Waals surface area contributed by atoms with Crippen molar-refractivity contribution in [1.29, 1.82) is 0 Å². The Bertz CT molecular complexity index is 317. The standard InChI is InChI=1S/C10H13ClN2O/c1-14-7-5-13(6-7)10-8(11)3-2-4-9(10)12/h2-4,7H,5-6,12H2,1H3. The molecule has 1 aliphatic rings. The summed E-state index contributed by atoms with van der Waals surface area (Å²) < 4.78 is 5.19. The fourth-order valence-corrected chi connectivity index (χ4v) is 1.94. The van der Waals surface area contributed by atoms with Crippen LogP contribution in [0, 0.1) is 0 Å². The van der Waals surface area contributed by atoms with E-state index in [1.54, 1.807) is 7.11 Å². The Labute approximate surface area is 88.4 Å². The maximum Gasteiger partial charge on any atom is 0.0920 e. The van der Waals surface area contributed by atoms with Gasteiger partial charge in [0.15, 0.2) is 0 Å². The number of nitrogens with two attached hydrogens (primary N) is 1. The zero-order valence-corrected chi connectivity index (χ0v) is 8.79. The summed E-state index contributed by atoms with van der Waals surface area (Å²) in [6.45, 7) is 1.73. The molecular weight excluding hydrogens is 200 g/mol. The topological polar surface area (TPSA) is 38.5 Å². The highest BCUT2D eigenvalue weighted by Gasteiger charge is 2.28. The van der Waals surface area contributed by atoms with Crippen LogP contribution in [0.4, 0.5) is 11.4 Å². The van der Waals surface area contributed by atoms with E-state index in [-0.39, 0.29) is 0 Å². The maximum atomic E-state index is 6.07. The Morgan fingerprint density at radius 2 is 2.21 bits per heavy atom. The second-order valence-electron chi connectivity index (χ2n) is 3.44. The summed E-state index contributed by atoms with van der Waals surface area (Å²) in [6.07, 6.45) is 0.311. The number of methoxy groups -OCH3 is 1. The quantitative estimate of drug-likeness (QED) is 0.760. The van der Waals surface area contributed by atoms with E-state index in [4.69, 9.17) is 22.1 Å². The molecule has 3 nitrogen and oxygen atoms in total. The Morgan fingerprint density at radius 1 is 1.50 bits per heavy atom. The number of para-hydroxylation sites is 1. The Kier molecular flexibility index (Phi) is 2.52. The molecule has 1 saturated heterocycles. The normalized spacial score (nSPS) is 16.9. The number of nitrogen functional groups attached to an aromatic ring is 1. The monoisotopic (exact) mass is 212 g/mol. The first-order valence-electron chi connectivity index (χ1n) is 4.54.